The van der Waals surface area contributed by atoms with Crippen molar-refractivity contribution in [2.45, 2.75) is 6.18 Å². The Labute approximate surface area is 102 Å². The standard InChI is InChI=1S/C10H10Cl2F3N/c11-5-6-16(7-10(13,14)15)9-3-1-8(12)2-4-9/h1-4H,5-7H2. The van der Waals surface area contributed by atoms with Gasteiger partial charge < -0.3 is 4.90 Å². The van der Waals surface area contributed by atoms with Gasteiger partial charge in [-0.25, -0.2) is 0 Å². The fraction of sp³-hybridized carbons (Fsp3) is 0.400. The SMILES string of the molecule is FC(F)(F)CN(CCCl)c1ccc(Cl)cc1. The average molecular weight is 272 g/mol. The highest BCUT2D eigenvalue weighted by atomic mass is 35.5. The zero-order valence-corrected chi connectivity index (χ0v) is 9.78. The van der Waals surface area contributed by atoms with E-state index in [1.165, 1.54) is 4.90 Å². The van der Waals surface area contributed by atoms with E-state index in [9.17, 15) is 13.2 Å². The van der Waals surface area contributed by atoms with Gasteiger partial charge >= 0.3 is 6.18 Å². The Hall–Kier alpha value is -0.610. The van der Waals surface area contributed by atoms with Crippen molar-refractivity contribution in [1.82, 2.24) is 0 Å². The maximum atomic E-state index is 12.3. The van der Waals surface area contributed by atoms with E-state index in [1.54, 1.807) is 24.3 Å². The summed E-state index contributed by atoms with van der Waals surface area (Å²) in [6, 6.07) is 6.18. The van der Waals surface area contributed by atoms with Crippen molar-refractivity contribution >= 4 is 28.9 Å². The van der Waals surface area contributed by atoms with Gasteiger partial charge in [-0.3, -0.25) is 0 Å². The summed E-state index contributed by atoms with van der Waals surface area (Å²) < 4.78 is 36.8. The normalized spacial score (nSPS) is 11.6. The molecule has 0 unspecified atom stereocenters. The minimum Gasteiger partial charge on any atom is -0.361 e. The monoisotopic (exact) mass is 271 g/mol. The Morgan fingerprint density at radius 2 is 1.69 bits per heavy atom. The lowest BCUT2D eigenvalue weighted by Crippen LogP contribution is -2.35. The number of rotatable bonds is 4. The van der Waals surface area contributed by atoms with E-state index in [2.05, 4.69) is 0 Å². The molecular formula is C10H10Cl2F3N. The van der Waals surface area contributed by atoms with E-state index >= 15 is 0 Å². The molecule has 90 valence electrons. The van der Waals surface area contributed by atoms with Crippen molar-refractivity contribution in [1.29, 1.82) is 0 Å². The molecule has 16 heavy (non-hydrogen) atoms. The Balaban J connectivity index is 2.80. The molecule has 0 saturated heterocycles. The number of alkyl halides is 4. The van der Waals surface area contributed by atoms with Gasteiger partial charge in [-0.2, -0.15) is 13.2 Å². The molecule has 0 aliphatic rings. The third-order valence-corrected chi connectivity index (χ3v) is 2.34. The summed E-state index contributed by atoms with van der Waals surface area (Å²) in [5, 5.41) is 0.488. The molecule has 0 atom stereocenters. The van der Waals surface area contributed by atoms with Gasteiger partial charge in [0, 0.05) is 23.1 Å². The number of anilines is 1. The second kappa shape index (κ2) is 5.64. The van der Waals surface area contributed by atoms with Gasteiger partial charge in [0.1, 0.15) is 6.54 Å². The molecule has 1 aromatic rings. The van der Waals surface area contributed by atoms with Crippen LogP contribution in [0.5, 0.6) is 0 Å². The van der Waals surface area contributed by atoms with Crippen LogP contribution >= 0.6 is 23.2 Å². The molecule has 0 aromatic heterocycles. The van der Waals surface area contributed by atoms with E-state index in [0.29, 0.717) is 10.7 Å². The van der Waals surface area contributed by atoms with Crippen molar-refractivity contribution < 1.29 is 13.2 Å². The highest BCUT2D eigenvalue weighted by Gasteiger charge is 2.30. The summed E-state index contributed by atoms with van der Waals surface area (Å²) in [7, 11) is 0. The molecule has 0 aliphatic heterocycles. The van der Waals surface area contributed by atoms with Crippen molar-refractivity contribution in [2.75, 3.05) is 23.9 Å². The lowest BCUT2D eigenvalue weighted by molar-refractivity contribution is -0.119. The molecule has 1 aromatic carbocycles. The second-order valence-electron chi connectivity index (χ2n) is 3.20. The van der Waals surface area contributed by atoms with Gasteiger partial charge in [0.25, 0.3) is 0 Å². The minimum absolute atomic E-state index is 0.138. The van der Waals surface area contributed by atoms with Crippen LogP contribution in [0.1, 0.15) is 0 Å². The maximum Gasteiger partial charge on any atom is 0.405 e. The van der Waals surface area contributed by atoms with E-state index in [1.807, 2.05) is 0 Å². The van der Waals surface area contributed by atoms with Crippen LogP contribution in [0.3, 0.4) is 0 Å². The van der Waals surface area contributed by atoms with Gasteiger partial charge in [0.05, 0.1) is 0 Å². The number of nitrogens with zero attached hydrogens (tertiary/aromatic N) is 1. The van der Waals surface area contributed by atoms with Crippen LogP contribution in [0.15, 0.2) is 24.3 Å². The summed E-state index contributed by atoms with van der Waals surface area (Å²) in [5.74, 6) is 0.138. The van der Waals surface area contributed by atoms with Crippen LogP contribution in [-0.4, -0.2) is 25.1 Å². The first kappa shape index (κ1) is 13.5. The van der Waals surface area contributed by atoms with Gasteiger partial charge in [-0.1, -0.05) is 11.6 Å². The zero-order chi connectivity index (χ0) is 12.2. The molecule has 0 aliphatic carbocycles. The minimum atomic E-state index is -4.24. The van der Waals surface area contributed by atoms with Crippen LogP contribution in [0.25, 0.3) is 0 Å². The van der Waals surface area contributed by atoms with Crippen LogP contribution in [0.4, 0.5) is 18.9 Å². The van der Waals surface area contributed by atoms with Crippen LogP contribution in [0.2, 0.25) is 5.02 Å². The first-order chi connectivity index (χ1) is 7.42. The Kier molecular flexibility index (Phi) is 4.74. The average Bonchev–Trinajstić information content (AvgIpc) is 2.16. The molecule has 0 N–H and O–H groups in total. The molecule has 0 spiro atoms. The Morgan fingerprint density at radius 1 is 1.12 bits per heavy atom. The molecule has 0 amide bonds. The summed E-state index contributed by atoms with van der Waals surface area (Å²) in [6.07, 6.45) is -4.24. The summed E-state index contributed by atoms with van der Waals surface area (Å²) >= 11 is 11.1. The number of hydrogen-bond acceptors (Lipinski definition) is 1. The van der Waals surface area contributed by atoms with Gasteiger partial charge in [-0.05, 0) is 24.3 Å². The fourth-order valence-corrected chi connectivity index (χ4v) is 1.60. The lowest BCUT2D eigenvalue weighted by atomic mass is 10.3. The van der Waals surface area contributed by atoms with Crippen molar-refractivity contribution in [3.8, 4) is 0 Å². The highest BCUT2D eigenvalue weighted by molar-refractivity contribution is 6.30. The van der Waals surface area contributed by atoms with Crippen molar-refractivity contribution in [3.05, 3.63) is 29.3 Å². The van der Waals surface area contributed by atoms with Crippen molar-refractivity contribution in [2.24, 2.45) is 0 Å². The smallest absolute Gasteiger partial charge is 0.361 e. The summed E-state index contributed by atoms with van der Waals surface area (Å²) in [5.41, 5.74) is 0.461. The zero-order valence-electron chi connectivity index (χ0n) is 8.27. The molecule has 0 saturated carbocycles. The second-order valence-corrected chi connectivity index (χ2v) is 4.02. The largest absolute Gasteiger partial charge is 0.405 e. The van der Waals surface area contributed by atoms with E-state index in [4.69, 9.17) is 23.2 Å². The Morgan fingerprint density at radius 3 is 2.12 bits per heavy atom. The first-order valence-electron chi connectivity index (χ1n) is 4.55. The number of benzene rings is 1. The molecule has 1 rings (SSSR count). The molecule has 1 nitrogen and oxygen atoms in total. The highest BCUT2D eigenvalue weighted by Crippen LogP contribution is 2.23. The van der Waals surface area contributed by atoms with E-state index in [0.717, 1.165) is 0 Å². The third-order valence-electron chi connectivity index (χ3n) is 1.92. The van der Waals surface area contributed by atoms with Crippen LogP contribution < -0.4 is 4.90 Å². The molecule has 0 fully saturated rings. The van der Waals surface area contributed by atoms with E-state index in [-0.39, 0.29) is 12.4 Å². The van der Waals surface area contributed by atoms with Gasteiger partial charge in [-0.15, -0.1) is 11.6 Å². The topological polar surface area (TPSA) is 3.24 Å². The van der Waals surface area contributed by atoms with Gasteiger partial charge in [0.15, 0.2) is 0 Å². The lowest BCUT2D eigenvalue weighted by Gasteiger charge is -2.25. The molecule has 6 heteroatoms. The predicted molar refractivity (Wildman–Crippen MR) is 60.4 cm³/mol. The quantitative estimate of drug-likeness (QED) is 0.750. The third kappa shape index (κ3) is 4.49. The number of hydrogen-bond donors (Lipinski definition) is 0. The van der Waals surface area contributed by atoms with Crippen LogP contribution in [0, 0.1) is 0 Å². The number of halogens is 5. The van der Waals surface area contributed by atoms with Crippen molar-refractivity contribution in [3.63, 3.8) is 0 Å². The molecule has 0 bridgehead atoms. The van der Waals surface area contributed by atoms with Gasteiger partial charge in [0.2, 0.25) is 0 Å². The van der Waals surface area contributed by atoms with Crippen LogP contribution in [-0.2, 0) is 0 Å². The summed E-state index contributed by atoms with van der Waals surface area (Å²) in [4.78, 5) is 1.17. The first-order valence-corrected chi connectivity index (χ1v) is 5.47. The predicted octanol–water partition coefficient (Wildman–Crippen LogP) is 3.95. The molecule has 0 heterocycles. The summed E-state index contributed by atoms with van der Waals surface area (Å²) in [6.45, 7) is -0.871. The fourth-order valence-electron chi connectivity index (χ4n) is 1.27. The Bertz CT molecular complexity index is 324. The molecular weight excluding hydrogens is 262 g/mol. The molecule has 0 radical (unpaired) electrons. The maximum absolute atomic E-state index is 12.3. The van der Waals surface area contributed by atoms with E-state index < -0.39 is 12.7 Å².